The molecule has 0 bridgehead atoms. The number of halogens is 1. The number of benzene rings is 1. The van der Waals surface area contributed by atoms with Gasteiger partial charge in [-0.3, -0.25) is 0 Å². The van der Waals surface area contributed by atoms with Gasteiger partial charge in [-0.1, -0.05) is 23.7 Å². The molecule has 3 aromatic rings. The number of hydrogen-bond acceptors (Lipinski definition) is 2. The van der Waals surface area contributed by atoms with E-state index in [-0.39, 0.29) is 0 Å². The van der Waals surface area contributed by atoms with Crippen LogP contribution in [-0.2, 0) is 0 Å². The fourth-order valence-corrected chi connectivity index (χ4v) is 1.81. The Morgan fingerprint density at radius 2 is 2.12 bits per heavy atom. The average Bonchev–Trinajstić information content (AvgIpc) is 2.75. The lowest BCUT2D eigenvalue weighted by molar-refractivity contribution is 1.26. The molecule has 0 aliphatic heterocycles. The predicted octanol–water partition coefficient (Wildman–Crippen LogP) is 3.28. The third-order valence-electron chi connectivity index (χ3n) is 2.38. The number of aromatic amines is 1. The minimum atomic E-state index is 0.702. The summed E-state index contributed by atoms with van der Waals surface area (Å²) in [5, 5.41) is 0.702. The first-order valence-corrected chi connectivity index (χ1v) is 5.27. The van der Waals surface area contributed by atoms with Crippen LogP contribution < -0.4 is 0 Å². The standard InChI is InChI=1S/C12H8ClN3/c13-9-3-1-2-8(6-9)11-7-15-12-10(16-11)4-5-14-12/h1-7H,(H,14,15). The van der Waals surface area contributed by atoms with Crippen molar-refractivity contribution in [3.05, 3.63) is 47.7 Å². The molecule has 1 N–H and O–H groups in total. The number of nitrogens with one attached hydrogen (secondary N) is 1. The molecule has 2 aromatic heterocycles. The Morgan fingerprint density at radius 3 is 3.00 bits per heavy atom. The molecule has 0 saturated heterocycles. The van der Waals surface area contributed by atoms with Gasteiger partial charge in [0.25, 0.3) is 0 Å². The van der Waals surface area contributed by atoms with Crippen molar-refractivity contribution >= 4 is 22.8 Å². The molecule has 0 fully saturated rings. The normalized spacial score (nSPS) is 10.8. The van der Waals surface area contributed by atoms with Crippen LogP contribution in [0.25, 0.3) is 22.4 Å². The molecule has 0 amide bonds. The highest BCUT2D eigenvalue weighted by Gasteiger charge is 2.03. The Labute approximate surface area is 97.1 Å². The second-order valence-corrected chi connectivity index (χ2v) is 3.91. The predicted molar refractivity (Wildman–Crippen MR) is 64.3 cm³/mol. The molecule has 2 heterocycles. The minimum Gasteiger partial charge on any atom is -0.345 e. The highest BCUT2D eigenvalue weighted by Crippen LogP contribution is 2.21. The fraction of sp³-hybridized carbons (Fsp3) is 0. The number of aromatic nitrogens is 3. The average molecular weight is 230 g/mol. The first-order valence-electron chi connectivity index (χ1n) is 4.89. The maximum Gasteiger partial charge on any atom is 0.156 e. The summed E-state index contributed by atoms with van der Waals surface area (Å²) in [5.74, 6) is 0. The monoisotopic (exact) mass is 229 g/mol. The van der Waals surface area contributed by atoms with E-state index < -0.39 is 0 Å². The van der Waals surface area contributed by atoms with E-state index in [2.05, 4.69) is 15.0 Å². The summed E-state index contributed by atoms with van der Waals surface area (Å²) in [4.78, 5) is 11.8. The highest BCUT2D eigenvalue weighted by molar-refractivity contribution is 6.30. The molecule has 0 radical (unpaired) electrons. The van der Waals surface area contributed by atoms with Gasteiger partial charge in [-0.25, -0.2) is 9.97 Å². The lowest BCUT2D eigenvalue weighted by atomic mass is 10.2. The zero-order valence-electron chi connectivity index (χ0n) is 8.31. The molecule has 3 rings (SSSR count). The summed E-state index contributed by atoms with van der Waals surface area (Å²) in [6.45, 7) is 0. The number of rotatable bonds is 1. The van der Waals surface area contributed by atoms with Gasteiger partial charge in [0.05, 0.1) is 11.9 Å². The van der Waals surface area contributed by atoms with Gasteiger partial charge in [0.1, 0.15) is 5.52 Å². The molecule has 0 saturated carbocycles. The minimum absolute atomic E-state index is 0.702. The maximum atomic E-state index is 5.94. The summed E-state index contributed by atoms with van der Waals surface area (Å²) >= 11 is 5.94. The van der Waals surface area contributed by atoms with Crippen LogP contribution in [-0.4, -0.2) is 15.0 Å². The summed E-state index contributed by atoms with van der Waals surface area (Å²) in [6, 6.07) is 9.49. The number of fused-ring (bicyclic) bond motifs is 1. The first kappa shape index (κ1) is 9.36. The van der Waals surface area contributed by atoms with Crippen molar-refractivity contribution < 1.29 is 0 Å². The zero-order valence-corrected chi connectivity index (χ0v) is 9.07. The molecule has 1 aromatic carbocycles. The van der Waals surface area contributed by atoms with Gasteiger partial charge >= 0.3 is 0 Å². The van der Waals surface area contributed by atoms with Gasteiger partial charge in [-0.05, 0) is 18.2 Å². The Kier molecular flexibility index (Phi) is 2.11. The Bertz CT molecular complexity index is 645. The Hall–Kier alpha value is -1.87. The maximum absolute atomic E-state index is 5.94. The number of H-pyrrole nitrogens is 1. The zero-order chi connectivity index (χ0) is 11.0. The molecule has 78 valence electrons. The van der Waals surface area contributed by atoms with Gasteiger partial charge in [0.15, 0.2) is 5.65 Å². The van der Waals surface area contributed by atoms with Crippen LogP contribution in [0.2, 0.25) is 5.02 Å². The molecule has 0 atom stereocenters. The van der Waals surface area contributed by atoms with E-state index in [9.17, 15) is 0 Å². The van der Waals surface area contributed by atoms with E-state index >= 15 is 0 Å². The largest absolute Gasteiger partial charge is 0.345 e. The van der Waals surface area contributed by atoms with Crippen LogP contribution >= 0.6 is 11.6 Å². The Balaban J connectivity index is 2.18. The highest BCUT2D eigenvalue weighted by atomic mass is 35.5. The summed E-state index contributed by atoms with van der Waals surface area (Å²) in [5.41, 5.74) is 3.46. The van der Waals surface area contributed by atoms with Crippen LogP contribution in [0, 0.1) is 0 Å². The van der Waals surface area contributed by atoms with Crippen LogP contribution in [0.5, 0.6) is 0 Å². The van der Waals surface area contributed by atoms with Crippen LogP contribution in [0.3, 0.4) is 0 Å². The molecule has 0 spiro atoms. The summed E-state index contributed by atoms with van der Waals surface area (Å²) in [7, 11) is 0. The molecule has 4 heteroatoms. The second-order valence-electron chi connectivity index (χ2n) is 3.48. The van der Waals surface area contributed by atoms with Crippen molar-refractivity contribution in [1.29, 1.82) is 0 Å². The third-order valence-corrected chi connectivity index (χ3v) is 2.62. The van der Waals surface area contributed by atoms with Gasteiger partial charge in [0.2, 0.25) is 0 Å². The molecule has 0 aliphatic carbocycles. The molecule has 0 unspecified atom stereocenters. The van der Waals surface area contributed by atoms with Gasteiger partial charge in [0, 0.05) is 16.8 Å². The lowest BCUT2D eigenvalue weighted by Gasteiger charge is -2.00. The van der Waals surface area contributed by atoms with E-state index in [0.29, 0.717) is 5.02 Å². The lowest BCUT2D eigenvalue weighted by Crippen LogP contribution is -1.86. The van der Waals surface area contributed by atoms with Crippen molar-refractivity contribution in [3.63, 3.8) is 0 Å². The molecule has 0 aliphatic rings. The Morgan fingerprint density at radius 1 is 1.19 bits per heavy atom. The van der Waals surface area contributed by atoms with E-state index in [1.807, 2.05) is 36.5 Å². The van der Waals surface area contributed by atoms with Crippen LogP contribution in [0.4, 0.5) is 0 Å². The van der Waals surface area contributed by atoms with Crippen LogP contribution in [0.1, 0.15) is 0 Å². The third kappa shape index (κ3) is 1.55. The SMILES string of the molecule is Clc1cccc(-c2cnc3[nH]ccc3n2)c1. The van der Waals surface area contributed by atoms with Crippen molar-refractivity contribution in [3.8, 4) is 11.3 Å². The molecular formula is C12H8ClN3. The smallest absolute Gasteiger partial charge is 0.156 e. The first-order chi connectivity index (χ1) is 7.83. The van der Waals surface area contributed by atoms with Gasteiger partial charge < -0.3 is 4.98 Å². The van der Waals surface area contributed by atoms with Crippen LogP contribution in [0.15, 0.2) is 42.7 Å². The van der Waals surface area contributed by atoms with E-state index in [0.717, 1.165) is 22.4 Å². The second kappa shape index (κ2) is 3.61. The topological polar surface area (TPSA) is 41.6 Å². The van der Waals surface area contributed by atoms with Crippen molar-refractivity contribution in [2.75, 3.05) is 0 Å². The number of nitrogens with zero attached hydrogens (tertiary/aromatic N) is 2. The van der Waals surface area contributed by atoms with Crippen molar-refractivity contribution in [1.82, 2.24) is 15.0 Å². The molecular weight excluding hydrogens is 222 g/mol. The van der Waals surface area contributed by atoms with Gasteiger partial charge in [-0.15, -0.1) is 0 Å². The molecule has 16 heavy (non-hydrogen) atoms. The summed E-state index contributed by atoms with van der Waals surface area (Å²) in [6.07, 6.45) is 3.57. The van der Waals surface area contributed by atoms with E-state index in [1.165, 1.54) is 0 Å². The van der Waals surface area contributed by atoms with Crippen molar-refractivity contribution in [2.45, 2.75) is 0 Å². The van der Waals surface area contributed by atoms with Crippen molar-refractivity contribution in [2.24, 2.45) is 0 Å². The van der Waals surface area contributed by atoms with E-state index in [4.69, 9.17) is 11.6 Å². The van der Waals surface area contributed by atoms with E-state index in [1.54, 1.807) is 6.20 Å². The fourth-order valence-electron chi connectivity index (χ4n) is 1.62. The quantitative estimate of drug-likeness (QED) is 0.696. The molecule has 3 nitrogen and oxygen atoms in total. The van der Waals surface area contributed by atoms with Gasteiger partial charge in [-0.2, -0.15) is 0 Å². The number of hydrogen-bond donors (Lipinski definition) is 1. The summed E-state index contributed by atoms with van der Waals surface area (Å²) < 4.78 is 0.